The molecular formula is C20H32N4O4. The van der Waals surface area contributed by atoms with Gasteiger partial charge in [0.1, 0.15) is 0 Å². The van der Waals surface area contributed by atoms with Gasteiger partial charge in [-0.2, -0.15) is 5.10 Å². The van der Waals surface area contributed by atoms with E-state index in [0.29, 0.717) is 32.8 Å². The van der Waals surface area contributed by atoms with Crippen LogP contribution in [0.5, 0.6) is 0 Å². The highest BCUT2D eigenvalue weighted by Gasteiger charge is 2.36. The number of nitrogens with one attached hydrogen (secondary N) is 3. The fraction of sp³-hybridized carbons (Fsp3) is 0.750. The smallest absolute Gasteiger partial charge is 0.223 e. The van der Waals surface area contributed by atoms with E-state index in [1.807, 2.05) is 6.07 Å². The molecule has 2 aliphatic rings. The minimum absolute atomic E-state index is 0.00448. The van der Waals surface area contributed by atoms with Gasteiger partial charge in [0.25, 0.3) is 0 Å². The largest absolute Gasteiger partial charge is 0.381 e. The zero-order valence-electron chi connectivity index (χ0n) is 16.6. The Bertz CT molecular complexity index is 616. The average Bonchev–Trinajstić information content (AvgIpc) is 3.25. The molecule has 0 aromatic carbocycles. The van der Waals surface area contributed by atoms with Crippen LogP contribution in [-0.2, 0) is 25.6 Å². The number of carbonyl (C=O) groups excluding carboxylic acids is 2. The van der Waals surface area contributed by atoms with Crippen LogP contribution in [0.1, 0.15) is 51.1 Å². The minimum atomic E-state index is -0.126. The average molecular weight is 393 g/mol. The first kappa shape index (κ1) is 20.8. The van der Waals surface area contributed by atoms with Gasteiger partial charge < -0.3 is 20.1 Å². The summed E-state index contributed by atoms with van der Waals surface area (Å²) in [6.45, 7) is 4.45. The van der Waals surface area contributed by atoms with Crippen LogP contribution in [0.25, 0.3) is 0 Å². The zero-order chi connectivity index (χ0) is 19.8. The highest BCUT2D eigenvalue weighted by molar-refractivity contribution is 5.80. The summed E-state index contributed by atoms with van der Waals surface area (Å²) in [5.74, 6) is -0.0367. The van der Waals surface area contributed by atoms with Crippen molar-refractivity contribution in [2.24, 2.45) is 11.8 Å². The summed E-state index contributed by atoms with van der Waals surface area (Å²) >= 11 is 0. The Balaban J connectivity index is 1.56. The quantitative estimate of drug-likeness (QED) is 0.622. The molecule has 3 rings (SSSR count). The van der Waals surface area contributed by atoms with Gasteiger partial charge in [0.15, 0.2) is 0 Å². The van der Waals surface area contributed by atoms with Gasteiger partial charge in [0.2, 0.25) is 11.8 Å². The number of ether oxygens (including phenoxy) is 2. The maximum absolute atomic E-state index is 12.7. The molecule has 0 bridgehead atoms. The summed E-state index contributed by atoms with van der Waals surface area (Å²) in [5.41, 5.74) is 0.873. The molecule has 1 saturated carbocycles. The lowest BCUT2D eigenvalue weighted by atomic mass is 9.82. The molecule has 8 nitrogen and oxygen atoms in total. The summed E-state index contributed by atoms with van der Waals surface area (Å²) in [5, 5.41) is 12.9. The Morgan fingerprint density at radius 3 is 2.75 bits per heavy atom. The third-order valence-corrected chi connectivity index (χ3v) is 5.62. The Morgan fingerprint density at radius 2 is 2.04 bits per heavy atom. The predicted octanol–water partition coefficient (Wildman–Crippen LogP) is 1.53. The van der Waals surface area contributed by atoms with Crippen molar-refractivity contribution in [1.82, 2.24) is 20.8 Å². The van der Waals surface area contributed by atoms with Crippen LogP contribution in [0.15, 0.2) is 12.3 Å². The molecule has 156 valence electrons. The van der Waals surface area contributed by atoms with Crippen LogP contribution in [0.3, 0.4) is 0 Å². The number of amides is 2. The second kappa shape index (κ2) is 10.6. The van der Waals surface area contributed by atoms with E-state index in [0.717, 1.165) is 37.8 Å². The van der Waals surface area contributed by atoms with Crippen LogP contribution < -0.4 is 10.6 Å². The summed E-state index contributed by atoms with van der Waals surface area (Å²) in [7, 11) is 0. The van der Waals surface area contributed by atoms with Gasteiger partial charge in [-0.15, -0.1) is 0 Å². The van der Waals surface area contributed by atoms with E-state index in [9.17, 15) is 9.59 Å². The van der Waals surface area contributed by atoms with Crippen molar-refractivity contribution < 1.29 is 19.1 Å². The Kier molecular flexibility index (Phi) is 7.85. The number of hydrogen-bond donors (Lipinski definition) is 3. The minimum Gasteiger partial charge on any atom is -0.381 e. The third kappa shape index (κ3) is 5.78. The highest BCUT2D eigenvalue weighted by Crippen LogP contribution is 2.28. The van der Waals surface area contributed by atoms with Gasteiger partial charge in [-0.05, 0) is 44.6 Å². The summed E-state index contributed by atoms with van der Waals surface area (Å²) in [6, 6.07) is 1.71. The summed E-state index contributed by atoms with van der Waals surface area (Å²) in [6.07, 6.45) is 6.25. The van der Waals surface area contributed by atoms with Crippen molar-refractivity contribution in [2.45, 2.75) is 64.1 Å². The molecule has 1 aromatic heterocycles. The van der Waals surface area contributed by atoms with Crippen molar-refractivity contribution in [2.75, 3.05) is 19.8 Å². The van der Waals surface area contributed by atoms with Gasteiger partial charge in [0, 0.05) is 37.9 Å². The fourth-order valence-electron chi connectivity index (χ4n) is 3.97. The van der Waals surface area contributed by atoms with E-state index in [4.69, 9.17) is 9.47 Å². The molecule has 1 aliphatic heterocycles. The zero-order valence-corrected chi connectivity index (χ0v) is 16.6. The van der Waals surface area contributed by atoms with Crippen molar-refractivity contribution in [1.29, 1.82) is 0 Å². The SMILES string of the molecule is CCCOC1CCC(C(=O)NCc2ccn[nH]2)CC1NC(=O)C1CCOCC1. The maximum Gasteiger partial charge on any atom is 0.223 e. The number of H-pyrrole nitrogens is 1. The van der Waals surface area contributed by atoms with Crippen LogP contribution in [-0.4, -0.2) is 54.0 Å². The maximum atomic E-state index is 12.7. The van der Waals surface area contributed by atoms with E-state index < -0.39 is 0 Å². The number of aromatic nitrogens is 2. The lowest BCUT2D eigenvalue weighted by molar-refractivity contribution is -0.133. The van der Waals surface area contributed by atoms with Gasteiger partial charge in [0.05, 0.1) is 24.4 Å². The van der Waals surface area contributed by atoms with E-state index >= 15 is 0 Å². The Labute approximate surface area is 166 Å². The second-order valence-corrected chi connectivity index (χ2v) is 7.72. The highest BCUT2D eigenvalue weighted by atomic mass is 16.5. The van der Waals surface area contributed by atoms with Crippen LogP contribution in [0.4, 0.5) is 0 Å². The molecule has 0 radical (unpaired) electrons. The van der Waals surface area contributed by atoms with Gasteiger partial charge in [-0.1, -0.05) is 6.92 Å². The molecule has 1 aromatic rings. The van der Waals surface area contributed by atoms with E-state index in [1.54, 1.807) is 6.20 Å². The second-order valence-electron chi connectivity index (χ2n) is 7.72. The molecule has 2 amide bonds. The molecule has 28 heavy (non-hydrogen) atoms. The first-order chi connectivity index (χ1) is 13.7. The van der Waals surface area contributed by atoms with E-state index in [2.05, 4.69) is 27.8 Å². The summed E-state index contributed by atoms with van der Waals surface area (Å²) < 4.78 is 11.4. The van der Waals surface area contributed by atoms with Gasteiger partial charge >= 0.3 is 0 Å². The molecule has 3 unspecified atom stereocenters. The van der Waals surface area contributed by atoms with E-state index in [-0.39, 0.29) is 35.8 Å². The number of hydrogen-bond acceptors (Lipinski definition) is 5. The van der Waals surface area contributed by atoms with Crippen LogP contribution in [0.2, 0.25) is 0 Å². The summed E-state index contributed by atoms with van der Waals surface area (Å²) in [4.78, 5) is 25.3. The molecule has 3 N–H and O–H groups in total. The van der Waals surface area contributed by atoms with Gasteiger partial charge in [-0.3, -0.25) is 14.7 Å². The Hall–Kier alpha value is -1.93. The number of carbonyl (C=O) groups is 2. The third-order valence-electron chi connectivity index (χ3n) is 5.62. The van der Waals surface area contributed by atoms with Gasteiger partial charge in [-0.25, -0.2) is 0 Å². The molecule has 3 atom stereocenters. The van der Waals surface area contributed by atoms with Crippen LogP contribution >= 0.6 is 0 Å². The van der Waals surface area contributed by atoms with Crippen molar-refractivity contribution in [3.63, 3.8) is 0 Å². The molecule has 0 spiro atoms. The molecule has 1 aliphatic carbocycles. The van der Waals surface area contributed by atoms with Crippen LogP contribution in [0, 0.1) is 11.8 Å². The Morgan fingerprint density at radius 1 is 1.21 bits per heavy atom. The molecule has 2 fully saturated rings. The standard InChI is InChI=1S/C20H32N4O4/c1-2-9-28-18-4-3-15(19(25)21-13-16-5-8-22-24-16)12-17(18)23-20(26)14-6-10-27-11-7-14/h5,8,14-15,17-18H,2-4,6-7,9-13H2,1H3,(H,21,25)(H,22,24)(H,23,26). The fourth-order valence-corrected chi connectivity index (χ4v) is 3.97. The molecule has 2 heterocycles. The molecular weight excluding hydrogens is 360 g/mol. The molecule has 8 heteroatoms. The topological polar surface area (TPSA) is 105 Å². The molecule has 1 saturated heterocycles. The van der Waals surface area contributed by atoms with Crippen molar-refractivity contribution >= 4 is 11.8 Å². The van der Waals surface area contributed by atoms with E-state index in [1.165, 1.54) is 0 Å². The number of nitrogens with zero attached hydrogens (tertiary/aromatic N) is 1. The lowest BCUT2D eigenvalue weighted by Crippen LogP contribution is -2.52. The van der Waals surface area contributed by atoms with Crippen molar-refractivity contribution in [3.05, 3.63) is 18.0 Å². The normalized spacial score (nSPS) is 26.0. The monoisotopic (exact) mass is 392 g/mol. The number of aromatic amines is 1. The number of rotatable bonds is 8. The van der Waals surface area contributed by atoms with Crippen molar-refractivity contribution in [3.8, 4) is 0 Å². The lowest BCUT2D eigenvalue weighted by Gasteiger charge is -2.37. The first-order valence-electron chi connectivity index (χ1n) is 10.4. The first-order valence-corrected chi connectivity index (χ1v) is 10.4. The predicted molar refractivity (Wildman–Crippen MR) is 103 cm³/mol.